The smallest absolute Gasteiger partial charge is 0.140 e. The molecule has 16 heavy (non-hydrogen) atoms. The number of pyridine rings is 1. The van der Waals surface area contributed by atoms with E-state index in [1.54, 1.807) is 0 Å². The van der Waals surface area contributed by atoms with E-state index in [4.69, 9.17) is 4.74 Å². The number of aromatic nitrogens is 1. The zero-order chi connectivity index (χ0) is 12.0. The molecule has 1 N–H and O–H groups in total. The van der Waals surface area contributed by atoms with E-state index < -0.39 is 0 Å². The molecule has 1 aromatic rings. The Balaban J connectivity index is 2.27. The van der Waals surface area contributed by atoms with Gasteiger partial charge in [0.25, 0.3) is 0 Å². The van der Waals surface area contributed by atoms with E-state index >= 15 is 0 Å². The third-order valence-electron chi connectivity index (χ3n) is 1.97. The summed E-state index contributed by atoms with van der Waals surface area (Å²) in [5.74, 6) is 1.46. The first-order valence-corrected chi connectivity index (χ1v) is 6.32. The van der Waals surface area contributed by atoms with Gasteiger partial charge in [-0.2, -0.15) is 0 Å². The molecule has 0 aliphatic carbocycles. The van der Waals surface area contributed by atoms with Crippen molar-refractivity contribution in [2.24, 2.45) is 5.92 Å². The maximum Gasteiger partial charge on any atom is 0.140 e. The maximum atomic E-state index is 5.47. The van der Waals surface area contributed by atoms with Gasteiger partial charge >= 0.3 is 0 Å². The minimum absolute atomic E-state index is 0.587. The largest absolute Gasteiger partial charge is 0.379 e. The van der Waals surface area contributed by atoms with Crippen LogP contribution in [0.15, 0.2) is 16.7 Å². The van der Waals surface area contributed by atoms with Gasteiger partial charge in [0.2, 0.25) is 0 Å². The topological polar surface area (TPSA) is 34.2 Å². The van der Waals surface area contributed by atoms with Crippen molar-refractivity contribution in [3.63, 3.8) is 0 Å². The highest BCUT2D eigenvalue weighted by atomic mass is 79.9. The van der Waals surface area contributed by atoms with Crippen LogP contribution >= 0.6 is 15.9 Å². The van der Waals surface area contributed by atoms with Crippen LogP contribution in [-0.2, 0) is 4.74 Å². The predicted octanol–water partition coefficient (Wildman–Crippen LogP) is 3.24. The van der Waals surface area contributed by atoms with E-state index in [1.807, 2.05) is 19.2 Å². The van der Waals surface area contributed by atoms with Crippen LogP contribution in [0.1, 0.15) is 19.4 Å². The third kappa shape index (κ3) is 4.94. The molecule has 0 bridgehead atoms. The van der Waals surface area contributed by atoms with Gasteiger partial charge in [-0.1, -0.05) is 13.8 Å². The Morgan fingerprint density at radius 1 is 1.50 bits per heavy atom. The van der Waals surface area contributed by atoms with Crippen LogP contribution in [0.5, 0.6) is 0 Å². The second-order valence-corrected chi connectivity index (χ2v) is 5.09. The normalized spacial score (nSPS) is 10.8. The van der Waals surface area contributed by atoms with Crippen LogP contribution in [-0.4, -0.2) is 24.7 Å². The Labute approximate surface area is 106 Å². The molecule has 0 fully saturated rings. The second kappa shape index (κ2) is 6.86. The summed E-state index contributed by atoms with van der Waals surface area (Å²) in [7, 11) is 0. The fraction of sp³-hybridized carbons (Fsp3) is 0.583. The first-order valence-electron chi connectivity index (χ1n) is 5.53. The van der Waals surface area contributed by atoms with Crippen molar-refractivity contribution in [3.8, 4) is 0 Å². The lowest BCUT2D eigenvalue weighted by atomic mass is 10.2. The number of ether oxygens (including phenoxy) is 1. The Morgan fingerprint density at radius 2 is 2.25 bits per heavy atom. The molecule has 1 heterocycles. The van der Waals surface area contributed by atoms with Gasteiger partial charge < -0.3 is 10.1 Å². The van der Waals surface area contributed by atoms with E-state index in [0.717, 1.165) is 29.0 Å². The summed E-state index contributed by atoms with van der Waals surface area (Å²) >= 11 is 3.47. The van der Waals surface area contributed by atoms with Crippen LogP contribution in [0, 0.1) is 12.8 Å². The number of hydrogen-bond donors (Lipinski definition) is 1. The summed E-state index contributed by atoms with van der Waals surface area (Å²) in [5.41, 5.74) is 1.15. The molecule has 4 heteroatoms. The van der Waals surface area contributed by atoms with Crippen molar-refractivity contribution < 1.29 is 4.74 Å². The molecule has 1 rings (SSSR count). The van der Waals surface area contributed by atoms with E-state index in [-0.39, 0.29) is 0 Å². The minimum Gasteiger partial charge on any atom is -0.379 e. The second-order valence-electron chi connectivity index (χ2n) is 4.24. The van der Waals surface area contributed by atoms with Crippen molar-refractivity contribution in [3.05, 3.63) is 22.3 Å². The zero-order valence-electron chi connectivity index (χ0n) is 10.1. The number of rotatable bonds is 6. The molecule has 0 aromatic carbocycles. The molecule has 90 valence electrons. The standard InChI is InChI=1S/C12H19BrN2O/c1-9(2)8-16-5-4-14-12-11(13)6-10(3)7-15-12/h6-7,9H,4-5,8H2,1-3H3,(H,14,15). The molecule has 0 radical (unpaired) electrons. The first-order chi connectivity index (χ1) is 7.59. The number of anilines is 1. The van der Waals surface area contributed by atoms with Crippen molar-refractivity contribution >= 4 is 21.7 Å². The van der Waals surface area contributed by atoms with Gasteiger partial charge in [0.05, 0.1) is 11.1 Å². The van der Waals surface area contributed by atoms with Crippen LogP contribution in [0.25, 0.3) is 0 Å². The Kier molecular flexibility index (Phi) is 5.77. The van der Waals surface area contributed by atoms with Crippen molar-refractivity contribution in [2.45, 2.75) is 20.8 Å². The van der Waals surface area contributed by atoms with Crippen LogP contribution < -0.4 is 5.32 Å². The Bertz CT molecular complexity index is 329. The quantitative estimate of drug-likeness (QED) is 0.816. The highest BCUT2D eigenvalue weighted by Crippen LogP contribution is 2.19. The molecule has 0 unspecified atom stereocenters. The van der Waals surface area contributed by atoms with Gasteiger partial charge in [0, 0.05) is 19.3 Å². The third-order valence-corrected chi connectivity index (χ3v) is 2.57. The average Bonchev–Trinajstić information content (AvgIpc) is 2.20. The fourth-order valence-corrected chi connectivity index (χ4v) is 1.83. The number of hydrogen-bond acceptors (Lipinski definition) is 3. The van der Waals surface area contributed by atoms with Gasteiger partial charge in [-0.15, -0.1) is 0 Å². The van der Waals surface area contributed by atoms with Gasteiger partial charge in [0.1, 0.15) is 5.82 Å². The summed E-state index contributed by atoms with van der Waals surface area (Å²) in [6, 6.07) is 2.05. The monoisotopic (exact) mass is 286 g/mol. The van der Waals surface area contributed by atoms with E-state index in [2.05, 4.69) is 40.1 Å². The van der Waals surface area contributed by atoms with Gasteiger partial charge in [-0.3, -0.25) is 0 Å². The molecule has 1 aromatic heterocycles. The van der Waals surface area contributed by atoms with E-state index in [0.29, 0.717) is 12.5 Å². The highest BCUT2D eigenvalue weighted by molar-refractivity contribution is 9.10. The van der Waals surface area contributed by atoms with Gasteiger partial charge in [-0.25, -0.2) is 4.98 Å². The molecule has 3 nitrogen and oxygen atoms in total. The summed E-state index contributed by atoms with van der Waals surface area (Å²) in [6.45, 7) is 8.61. The Hall–Kier alpha value is -0.610. The maximum absolute atomic E-state index is 5.47. The van der Waals surface area contributed by atoms with Gasteiger partial charge in [0.15, 0.2) is 0 Å². The molecular weight excluding hydrogens is 268 g/mol. The number of nitrogens with zero attached hydrogens (tertiary/aromatic N) is 1. The number of aryl methyl sites for hydroxylation is 1. The summed E-state index contributed by atoms with van der Waals surface area (Å²) in [4.78, 5) is 4.30. The summed E-state index contributed by atoms with van der Waals surface area (Å²) < 4.78 is 6.47. The van der Waals surface area contributed by atoms with Crippen molar-refractivity contribution in [2.75, 3.05) is 25.1 Å². The van der Waals surface area contributed by atoms with Crippen molar-refractivity contribution in [1.29, 1.82) is 0 Å². The Morgan fingerprint density at radius 3 is 2.88 bits per heavy atom. The SMILES string of the molecule is Cc1cnc(NCCOCC(C)C)c(Br)c1. The first kappa shape index (κ1) is 13.5. The lowest BCUT2D eigenvalue weighted by Crippen LogP contribution is -2.13. The van der Waals surface area contributed by atoms with Crippen LogP contribution in [0.4, 0.5) is 5.82 Å². The van der Waals surface area contributed by atoms with Crippen LogP contribution in [0.2, 0.25) is 0 Å². The van der Waals surface area contributed by atoms with Crippen LogP contribution in [0.3, 0.4) is 0 Å². The van der Waals surface area contributed by atoms with Crippen molar-refractivity contribution in [1.82, 2.24) is 4.98 Å². The lowest BCUT2D eigenvalue weighted by molar-refractivity contribution is 0.118. The van der Waals surface area contributed by atoms with Gasteiger partial charge in [-0.05, 0) is 40.4 Å². The minimum atomic E-state index is 0.587. The average molecular weight is 287 g/mol. The molecule has 0 spiro atoms. The molecule has 0 aliphatic heterocycles. The molecule has 0 saturated carbocycles. The molecule has 0 amide bonds. The predicted molar refractivity (Wildman–Crippen MR) is 70.8 cm³/mol. The molecule has 0 atom stereocenters. The number of nitrogens with one attached hydrogen (secondary N) is 1. The van der Waals surface area contributed by atoms with E-state index in [9.17, 15) is 0 Å². The highest BCUT2D eigenvalue weighted by Gasteiger charge is 2.00. The molecular formula is C12H19BrN2O. The molecule has 0 saturated heterocycles. The lowest BCUT2D eigenvalue weighted by Gasteiger charge is -2.09. The fourth-order valence-electron chi connectivity index (χ4n) is 1.22. The zero-order valence-corrected chi connectivity index (χ0v) is 11.7. The molecule has 0 aliphatic rings. The van der Waals surface area contributed by atoms with E-state index in [1.165, 1.54) is 0 Å². The summed E-state index contributed by atoms with van der Waals surface area (Å²) in [6.07, 6.45) is 1.85. The summed E-state index contributed by atoms with van der Waals surface area (Å²) in [5, 5.41) is 3.23. The number of halogens is 1.